The first-order valence-electron chi connectivity index (χ1n) is 12.7. The lowest BCUT2D eigenvalue weighted by Crippen LogP contribution is -2.34. The van der Waals surface area contributed by atoms with E-state index in [-0.39, 0.29) is 34.0 Å². The Labute approximate surface area is 255 Å². The molecule has 0 amide bonds. The van der Waals surface area contributed by atoms with Crippen LogP contribution in [0.1, 0.15) is 12.5 Å². The molecule has 3 fully saturated rings. The Morgan fingerprint density at radius 3 is 2.05 bits per heavy atom. The van der Waals surface area contributed by atoms with Crippen LogP contribution in [0, 0.1) is 0 Å². The fraction of sp³-hybridized carbons (Fsp3) is 0.500. The average Bonchev–Trinajstić information content (AvgIpc) is 3.73. The van der Waals surface area contributed by atoms with Gasteiger partial charge in [0.25, 0.3) is 0 Å². The normalized spacial score (nSPS) is 38.3. The van der Waals surface area contributed by atoms with Crippen molar-refractivity contribution in [3.8, 4) is 0 Å². The first kappa shape index (κ1) is 30.2. The number of ether oxygens (including phenoxy) is 2. The molecule has 10 atom stereocenters. The van der Waals surface area contributed by atoms with Crippen LogP contribution in [0.4, 0.5) is 20.4 Å². The first-order chi connectivity index (χ1) is 20.9. The molecule has 24 heteroatoms. The number of aromatic nitrogens is 8. The number of halogens is 2. The number of thiol groups is 1. The van der Waals surface area contributed by atoms with Crippen molar-refractivity contribution in [1.82, 2.24) is 39.0 Å². The highest BCUT2D eigenvalue weighted by atomic mass is 32.7. The highest BCUT2D eigenvalue weighted by Gasteiger charge is 2.54. The fourth-order valence-corrected chi connectivity index (χ4v) is 8.05. The van der Waals surface area contributed by atoms with Crippen molar-refractivity contribution >= 4 is 71.5 Å². The van der Waals surface area contributed by atoms with E-state index < -0.39 is 75.9 Å². The molecule has 7 rings (SSSR count). The number of alkyl halides is 2. The van der Waals surface area contributed by atoms with Crippen molar-refractivity contribution in [3.05, 3.63) is 25.3 Å². The fourth-order valence-electron chi connectivity index (χ4n) is 5.16. The molecular formula is C20H22F2N10O8P2S2. The van der Waals surface area contributed by atoms with Crippen molar-refractivity contribution in [1.29, 1.82) is 0 Å². The van der Waals surface area contributed by atoms with E-state index in [9.17, 15) is 9.46 Å². The number of rotatable bonds is 2. The molecule has 236 valence electrons. The molecule has 3 aliphatic heterocycles. The summed E-state index contributed by atoms with van der Waals surface area (Å²) in [6.07, 6.45) is -8.00. The summed E-state index contributed by atoms with van der Waals surface area (Å²) in [4.78, 5) is 35.1. The van der Waals surface area contributed by atoms with Gasteiger partial charge in [-0.05, 0) is 11.8 Å². The molecular weight excluding hydrogens is 672 g/mol. The van der Waals surface area contributed by atoms with Gasteiger partial charge in [0.15, 0.2) is 47.7 Å². The second kappa shape index (κ2) is 11.1. The molecule has 3 saturated heterocycles. The summed E-state index contributed by atoms with van der Waals surface area (Å²) in [7, 11) is 0. The summed E-state index contributed by atoms with van der Waals surface area (Å²) >= 11 is 9.15. The molecule has 0 radical (unpaired) electrons. The van der Waals surface area contributed by atoms with E-state index in [1.165, 1.54) is 28.1 Å². The molecule has 4 aromatic heterocycles. The number of anilines is 2. The van der Waals surface area contributed by atoms with Crippen LogP contribution in [0.25, 0.3) is 22.3 Å². The Balaban J connectivity index is 1.20. The lowest BCUT2D eigenvalue weighted by molar-refractivity contribution is -0.0578. The molecule has 44 heavy (non-hydrogen) atoms. The van der Waals surface area contributed by atoms with E-state index in [1.54, 1.807) is 0 Å². The van der Waals surface area contributed by atoms with Gasteiger partial charge >= 0.3 is 13.5 Å². The van der Waals surface area contributed by atoms with Crippen molar-refractivity contribution in [2.24, 2.45) is 0 Å². The zero-order chi connectivity index (χ0) is 31.0. The van der Waals surface area contributed by atoms with Gasteiger partial charge in [0.05, 0.1) is 25.9 Å². The first-order valence-corrected chi connectivity index (χ1v) is 18.0. The summed E-state index contributed by atoms with van der Waals surface area (Å²) in [5.74, 6) is 0.109. The molecule has 18 nitrogen and oxygen atoms in total. The minimum absolute atomic E-state index is 0.0534. The minimum atomic E-state index is -4.42. The zero-order valence-corrected chi connectivity index (χ0v) is 25.4. The SMILES string of the molecule is Nc1ncnc2c1ncn2[C@@H]1O[C@@H]2COP(=O)(S)O[C@@H]3[C@@H](F)[C@@H](COP(O)(=S)O[C@H]2[C@H]1F)O[C@H]3n1cnc2c(N)ncnc21. The number of hydrogen-bond acceptors (Lipinski definition) is 16. The number of nitrogens with zero attached hydrogens (tertiary/aromatic N) is 8. The Hall–Kier alpha value is -2.49. The third-order valence-corrected chi connectivity index (χ3v) is 10.3. The topological polar surface area (TPSA) is 232 Å². The largest absolute Gasteiger partial charge is 0.386 e. The summed E-state index contributed by atoms with van der Waals surface area (Å²) in [5.41, 5.74) is 12.4. The van der Waals surface area contributed by atoms with Gasteiger partial charge in [0, 0.05) is 0 Å². The van der Waals surface area contributed by atoms with E-state index in [0.29, 0.717) is 0 Å². The van der Waals surface area contributed by atoms with Crippen molar-refractivity contribution in [2.45, 2.75) is 49.2 Å². The molecule has 5 N–H and O–H groups in total. The van der Waals surface area contributed by atoms with Gasteiger partial charge in [-0.3, -0.25) is 22.7 Å². The Bertz CT molecular complexity index is 1840. The quantitative estimate of drug-likeness (QED) is 0.171. The van der Waals surface area contributed by atoms with Crippen LogP contribution in [0.5, 0.6) is 0 Å². The van der Waals surface area contributed by atoms with Gasteiger partial charge < -0.3 is 30.4 Å². The Kier molecular flexibility index (Phi) is 7.61. The summed E-state index contributed by atoms with van der Waals surface area (Å²) in [5, 5.41) is 0. The van der Waals surface area contributed by atoms with Crippen LogP contribution in [0.15, 0.2) is 25.3 Å². The zero-order valence-electron chi connectivity index (χ0n) is 21.9. The maximum absolute atomic E-state index is 16.0. The number of nitrogens with two attached hydrogens (primary N) is 2. The van der Waals surface area contributed by atoms with Gasteiger partial charge in [0.2, 0.25) is 0 Å². The Morgan fingerprint density at radius 1 is 0.841 bits per heavy atom. The van der Waals surface area contributed by atoms with Gasteiger partial charge in [-0.15, -0.1) is 0 Å². The van der Waals surface area contributed by atoms with Crippen LogP contribution in [-0.4, -0.2) is 93.9 Å². The number of imidazole rings is 2. The standard InChI is InChI=1S/C20H22F2N10O8P2S2/c21-9-7-1-35-41(33,43)39-13-8(38-19(10(13)22)31-5-29-11-15(23)25-3-27-17(11)31)2-36-42(34,44)40-14(9)20(37-7)32-6-30-12-16(24)26-4-28-18(12)32/h3-10,13-14,19-20H,1-2H2,(H,33,43)(H,34,44)(H2,23,25,27)(H2,24,26,28)/t7-,8-,9+,10-,13-,14-,19-,20-,41?,42?/m1/s1. The summed E-state index contributed by atoms with van der Waals surface area (Å²) in [6, 6.07) is 0. The van der Waals surface area contributed by atoms with E-state index in [1.807, 2.05) is 0 Å². The maximum Gasteiger partial charge on any atom is 0.386 e. The molecule has 2 bridgehead atoms. The molecule has 2 unspecified atom stereocenters. The lowest BCUT2D eigenvalue weighted by Gasteiger charge is -2.26. The molecule has 0 aromatic carbocycles. The molecule has 3 aliphatic rings. The van der Waals surface area contributed by atoms with E-state index in [0.717, 1.165) is 6.33 Å². The minimum Gasteiger partial charge on any atom is -0.382 e. The molecule has 0 spiro atoms. The second-order valence-corrected chi connectivity index (χ2v) is 15.5. The third-order valence-electron chi connectivity index (χ3n) is 7.17. The van der Waals surface area contributed by atoms with Crippen LogP contribution in [-0.2, 0) is 43.9 Å². The van der Waals surface area contributed by atoms with Gasteiger partial charge in [-0.25, -0.2) is 43.2 Å². The number of fused-ring (bicyclic) bond motifs is 5. The maximum atomic E-state index is 16.0. The highest BCUT2D eigenvalue weighted by Crippen LogP contribution is 2.59. The van der Waals surface area contributed by atoms with Crippen LogP contribution in [0.2, 0.25) is 0 Å². The van der Waals surface area contributed by atoms with Crippen molar-refractivity contribution in [2.75, 3.05) is 24.7 Å². The summed E-state index contributed by atoms with van der Waals surface area (Å²) in [6.45, 7) is -10.0. The van der Waals surface area contributed by atoms with Gasteiger partial charge in [0.1, 0.15) is 48.1 Å². The van der Waals surface area contributed by atoms with Gasteiger partial charge in [-0.1, -0.05) is 12.2 Å². The van der Waals surface area contributed by atoms with Crippen LogP contribution < -0.4 is 11.5 Å². The van der Waals surface area contributed by atoms with E-state index in [4.69, 9.17) is 50.8 Å². The number of nitrogen functional groups attached to an aromatic ring is 2. The predicted molar refractivity (Wildman–Crippen MR) is 152 cm³/mol. The van der Waals surface area contributed by atoms with Gasteiger partial charge in [-0.2, -0.15) is 0 Å². The highest BCUT2D eigenvalue weighted by molar-refractivity contribution is 8.44. The second-order valence-electron chi connectivity index (χ2n) is 9.85. The van der Waals surface area contributed by atoms with Crippen molar-refractivity contribution in [3.63, 3.8) is 0 Å². The average molecular weight is 695 g/mol. The molecule has 0 saturated carbocycles. The lowest BCUT2D eigenvalue weighted by atomic mass is 10.1. The number of hydrogen-bond donors (Lipinski definition) is 4. The smallest absolute Gasteiger partial charge is 0.382 e. The predicted octanol–water partition coefficient (Wildman–Crippen LogP) is 1.37. The Morgan fingerprint density at radius 2 is 1.41 bits per heavy atom. The van der Waals surface area contributed by atoms with E-state index in [2.05, 4.69) is 42.2 Å². The molecule has 4 aromatic rings. The molecule has 7 heterocycles. The van der Waals surface area contributed by atoms with Crippen molar-refractivity contribution < 1.29 is 45.8 Å². The summed E-state index contributed by atoms with van der Waals surface area (Å²) < 4.78 is 81.4. The third kappa shape index (κ3) is 5.26. The monoisotopic (exact) mass is 694 g/mol. The van der Waals surface area contributed by atoms with Crippen LogP contribution >= 0.6 is 25.8 Å². The molecule has 0 aliphatic carbocycles. The van der Waals surface area contributed by atoms with E-state index >= 15 is 8.78 Å². The van der Waals surface area contributed by atoms with Crippen LogP contribution in [0.3, 0.4) is 0 Å².